The van der Waals surface area contributed by atoms with Gasteiger partial charge in [0.25, 0.3) is 15.6 Å². The average molecular weight is 632 g/mol. The summed E-state index contributed by atoms with van der Waals surface area (Å²) >= 11 is 0. The topological polar surface area (TPSA) is 133 Å². The van der Waals surface area contributed by atoms with Crippen molar-refractivity contribution >= 4 is 15.9 Å². The molecule has 1 N–H and O–H groups in total. The summed E-state index contributed by atoms with van der Waals surface area (Å²) in [6.45, 7) is 8.24. The Morgan fingerprint density at radius 3 is 2.29 bits per heavy atom. The maximum absolute atomic E-state index is 13.9. The van der Waals surface area contributed by atoms with E-state index in [0.29, 0.717) is 54.1 Å². The number of aromatic nitrogens is 4. The van der Waals surface area contributed by atoms with E-state index in [0.717, 1.165) is 36.9 Å². The van der Waals surface area contributed by atoms with Crippen molar-refractivity contribution in [3.63, 3.8) is 0 Å². The van der Waals surface area contributed by atoms with Gasteiger partial charge in [0.1, 0.15) is 5.82 Å². The first kappa shape index (κ1) is 33.5. The summed E-state index contributed by atoms with van der Waals surface area (Å²) in [4.78, 5) is 39.8. The lowest BCUT2D eigenvalue weighted by atomic mass is 9.98. The second-order valence-electron chi connectivity index (χ2n) is 10.8. The second-order valence-corrected chi connectivity index (χ2v) is 12.5. The molecule has 0 saturated carbocycles. The number of carbonyl (C=O) groups is 1. The number of nitrogens with zero attached hydrogens (tertiary/aromatic N) is 4. The maximum atomic E-state index is 13.9. The summed E-state index contributed by atoms with van der Waals surface area (Å²) in [6.07, 6.45) is 8.51. The van der Waals surface area contributed by atoms with Gasteiger partial charge in [-0.25, -0.2) is 32.7 Å². The molecule has 0 atom stereocenters. The smallest absolute Gasteiger partial charge is 0.264 e. The van der Waals surface area contributed by atoms with Crippen LogP contribution in [0.3, 0.4) is 0 Å². The summed E-state index contributed by atoms with van der Waals surface area (Å²) in [7, 11) is -4.07. The molecule has 2 aromatic carbocycles. The van der Waals surface area contributed by atoms with Crippen LogP contribution in [0.5, 0.6) is 5.75 Å². The molecule has 11 heteroatoms. The molecule has 0 saturated heterocycles. The number of hydrogen-bond donors (Lipinski definition) is 1. The van der Waals surface area contributed by atoms with E-state index < -0.39 is 15.9 Å². The van der Waals surface area contributed by atoms with Crippen molar-refractivity contribution < 1.29 is 17.9 Å². The highest BCUT2D eigenvalue weighted by Crippen LogP contribution is 2.28. The molecule has 0 fully saturated rings. The van der Waals surface area contributed by atoms with Crippen LogP contribution >= 0.6 is 0 Å². The first-order valence-electron chi connectivity index (χ1n) is 15.5. The number of unbranched alkanes of at least 4 members (excludes halogenated alkanes) is 3. The van der Waals surface area contributed by atoms with Gasteiger partial charge in [-0.05, 0) is 50.3 Å². The van der Waals surface area contributed by atoms with Crippen molar-refractivity contribution in [1.29, 1.82) is 0 Å². The number of sulfonamides is 1. The van der Waals surface area contributed by atoms with Crippen molar-refractivity contribution in [2.24, 2.45) is 0 Å². The zero-order valence-corrected chi connectivity index (χ0v) is 27.2. The van der Waals surface area contributed by atoms with Gasteiger partial charge in [-0.3, -0.25) is 9.59 Å². The SMILES string of the molecule is CCCCCC(=O)NS(=O)(=O)c1ccccc1-c1ccc(Cc2c(CCCC)nc(C)n(-c3ncc(OCC)cn3)c2=O)cc1. The third-order valence-corrected chi connectivity index (χ3v) is 8.83. The van der Waals surface area contributed by atoms with Crippen LogP contribution in [0.2, 0.25) is 0 Å². The Morgan fingerprint density at radius 2 is 1.62 bits per heavy atom. The molecular weight excluding hydrogens is 590 g/mol. The van der Waals surface area contributed by atoms with Crippen molar-refractivity contribution in [3.8, 4) is 22.8 Å². The van der Waals surface area contributed by atoms with Crippen LogP contribution < -0.4 is 15.0 Å². The Bertz CT molecular complexity index is 1770. The van der Waals surface area contributed by atoms with Crippen LogP contribution in [-0.4, -0.2) is 40.5 Å². The summed E-state index contributed by atoms with van der Waals surface area (Å²) < 4.78 is 35.4. The lowest BCUT2D eigenvalue weighted by Gasteiger charge is -2.15. The zero-order valence-electron chi connectivity index (χ0n) is 26.4. The lowest BCUT2D eigenvalue weighted by Crippen LogP contribution is -2.30. The van der Waals surface area contributed by atoms with Crippen molar-refractivity contribution in [2.45, 2.75) is 84.0 Å². The Hall–Kier alpha value is -4.38. The Balaban J connectivity index is 1.65. The largest absolute Gasteiger partial charge is 0.491 e. The predicted molar refractivity (Wildman–Crippen MR) is 174 cm³/mol. The number of nitrogens with one attached hydrogen (secondary N) is 1. The van der Waals surface area contributed by atoms with E-state index in [4.69, 9.17) is 9.72 Å². The Morgan fingerprint density at radius 1 is 0.933 bits per heavy atom. The van der Waals surface area contributed by atoms with Crippen LogP contribution in [0.15, 0.2) is 70.6 Å². The average Bonchev–Trinajstić information content (AvgIpc) is 3.03. The number of hydrogen-bond acceptors (Lipinski definition) is 8. The van der Waals surface area contributed by atoms with Gasteiger partial charge in [0.2, 0.25) is 11.9 Å². The van der Waals surface area contributed by atoms with Gasteiger partial charge in [-0.2, -0.15) is 0 Å². The van der Waals surface area contributed by atoms with E-state index in [1.165, 1.54) is 23.0 Å². The summed E-state index contributed by atoms with van der Waals surface area (Å²) in [5.41, 5.74) is 3.10. The van der Waals surface area contributed by atoms with E-state index in [1.807, 2.05) is 38.1 Å². The van der Waals surface area contributed by atoms with Crippen molar-refractivity contribution in [3.05, 3.63) is 93.9 Å². The molecule has 0 bridgehead atoms. The minimum Gasteiger partial charge on any atom is -0.491 e. The highest BCUT2D eigenvalue weighted by molar-refractivity contribution is 7.90. The van der Waals surface area contributed by atoms with Crippen LogP contribution in [-0.2, 0) is 27.7 Å². The Kier molecular flexibility index (Phi) is 11.6. The van der Waals surface area contributed by atoms with Gasteiger partial charge in [0.05, 0.1) is 29.6 Å². The van der Waals surface area contributed by atoms with Crippen LogP contribution in [0, 0.1) is 6.92 Å². The van der Waals surface area contributed by atoms with Gasteiger partial charge < -0.3 is 4.74 Å². The Labute approximate surface area is 265 Å². The van der Waals surface area contributed by atoms with E-state index in [2.05, 4.69) is 21.6 Å². The number of carbonyl (C=O) groups excluding carboxylic acids is 1. The summed E-state index contributed by atoms with van der Waals surface area (Å²) in [5, 5.41) is 0. The molecule has 2 aromatic heterocycles. The van der Waals surface area contributed by atoms with E-state index >= 15 is 0 Å². The first-order chi connectivity index (χ1) is 21.7. The predicted octanol–water partition coefficient (Wildman–Crippen LogP) is 5.72. The van der Waals surface area contributed by atoms with Gasteiger partial charge in [-0.1, -0.05) is 75.6 Å². The van der Waals surface area contributed by atoms with Crippen LogP contribution in [0.25, 0.3) is 17.1 Å². The fraction of sp³-hybridized carbons (Fsp3) is 0.382. The molecular formula is C34H41N5O5S. The third-order valence-electron chi connectivity index (χ3n) is 7.40. The molecule has 45 heavy (non-hydrogen) atoms. The zero-order chi connectivity index (χ0) is 32.4. The quantitative estimate of drug-likeness (QED) is 0.165. The van der Waals surface area contributed by atoms with E-state index in [9.17, 15) is 18.0 Å². The molecule has 238 valence electrons. The molecule has 4 aromatic rings. The van der Waals surface area contributed by atoms with Gasteiger partial charge >= 0.3 is 0 Å². The molecule has 0 unspecified atom stereocenters. The minimum absolute atomic E-state index is 0.0319. The minimum atomic E-state index is -4.07. The number of benzene rings is 2. The molecule has 0 spiro atoms. The molecule has 2 heterocycles. The molecule has 10 nitrogen and oxygen atoms in total. The number of amides is 1. The monoisotopic (exact) mass is 631 g/mol. The maximum Gasteiger partial charge on any atom is 0.264 e. The van der Waals surface area contributed by atoms with Gasteiger partial charge in [0, 0.05) is 24.0 Å². The van der Waals surface area contributed by atoms with Crippen molar-refractivity contribution in [2.75, 3.05) is 6.61 Å². The number of rotatable bonds is 15. The standard InChI is InChI=1S/C34H41N5O5S/c1-5-8-10-16-32(40)38-45(42,43)31-15-12-11-13-28(31)26-19-17-25(18-20-26)21-29-30(14-9-6-2)37-24(4)39(33(29)41)34-35-22-27(23-36-34)44-7-3/h11-13,15,17-20,22-23H,5-10,14,16,21H2,1-4H3,(H,38,40). The number of ether oxygens (including phenoxy) is 1. The van der Waals surface area contributed by atoms with Crippen molar-refractivity contribution in [1.82, 2.24) is 24.2 Å². The third kappa shape index (κ3) is 8.42. The van der Waals surface area contributed by atoms with Gasteiger partial charge in [0.15, 0.2) is 5.75 Å². The highest BCUT2D eigenvalue weighted by atomic mass is 32.2. The first-order valence-corrected chi connectivity index (χ1v) is 17.0. The fourth-order valence-corrected chi connectivity index (χ4v) is 6.33. The molecule has 0 radical (unpaired) electrons. The molecule has 0 aliphatic carbocycles. The summed E-state index contributed by atoms with van der Waals surface area (Å²) in [6, 6.07) is 14.0. The normalized spacial score (nSPS) is 11.4. The fourth-order valence-electron chi connectivity index (χ4n) is 5.09. The molecule has 0 aliphatic heterocycles. The van der Waals surface area contributed by atoms with E-state index in [-0.39, 0.29) is 22.8 Å². The summed E-state index contributed by atoms with van der Waals surface area (Å²) in [5.74, 6) is 0.732. The molecule has 1 amide bonds. The van der Waals surface area contributed by atoms with Gasteiger partial charge in [-0.15, -0.1) is 0 Å². The highest BCUT2D eigenvalue weighted by Gasteiger charge is 2.22. The number of aryl methyl sites for hydroxylation is 2. The lowest BCUT2D eigenvalue weighted by molar-refractivity contribution is -0.119. The van der Waals surface area contributed by atoms with E-state index in [1.54, 1.807) is 25.1 Å². The van der Waals surface area contributed by atoms with Crippen LogP contribution in [0.4, 0.5) is 0 Å². The molecule has 4 rings (SSSR count). The van der Waals surface area contributed by atoms with Crippen LogP contribution in [0.1, 0.15) is 81.9 Å². The second kappa shape index (κ2) is 15.6. The molecule has 0 aliphatic rings.